The molecule has 1 N–H and O–H groups in total. The summed E-state index contributed by atoms with van der Waals surface area (Å²) in [5, 5.41) is 3.41. The molecule has 1 fully saturated rings. The normalized spacial score (nSPS) is 18.6. The van der Waals surface area contributed by atoms with E-state index in [0.717, 1.165) is 38.2 Å². The number of rotatable bonds is 3. The Kier molecular flexibility index (Phi) is 3.76. The first-order valence-corrected chi connectivity index (χ1v) is 7.62. The SMILES string of the molecule is CCn1c(C(C)N2CCNCC2)nc2cc(C)ccc21. The molecule has 0 spiro atoms. The Morgan fingerprint density at radius 1 is 1.30 bits per heavy atom. The van der Waals surface area contributed by atoms with Crippen LogP contribution in [-0.2, 0) is 6.54 Å². The van der Waals surface area contributed by atoms with E-state index < -0.39 is 0 Å². The van der Waals surface area contributed by atoms with Gasteiger partial charge in [0.05, 0.1) is 17.1 Å². The lowest BCUT2D eigenvalue weighted by Gasteiger charge is -2.32. The fourth-order valence-corrected chi connectivity index (χ4v) is 3.14. The molecule has 1 aliphatic rings. The zero-order valence-electron chi connectivity index (χ0n) is 12.7. The first-order chi connectivity index (χ1) is 9.70. The molecule has 0 bridgehead atoms. The number of hydrogen-bond acceptors (Lipinski definition) is 3. The quantitative estimate of drug-likeness (QED) is 0.931. The summed E-state index contributed by atoms with van der Waals surface area (Å²) >= 11 is 0. The maximum absolute atomic E-state index is 4.92. The van der Waals surface area contributed by atoms with Gasteiger partial charge in [0.2, 0.25) is 0 Å². The Morgan fingerprint density at radius 3 is 2.75 bits per heavy atom. The van der Waals surface area contributed by atoms with Gasteiger partial charge in [0.25, 0.3) is 0 Å². The Bertz CT molecular complexity index is 596. The Morgan fingerprint density at radius 2 is 2.05 bits per heavy atom. The van der Waals surface area contributed by atoms with Crippen molar-refractivity contribution in [2.24, 2.45) is 0 Å². The molecule has 4 heteroatoms. The molecule has 1 aromatic carbocycles. The first-order valence-electron chi connectivity index (χ1n) is 7.62. The van der Waals surface area contributed by atoms with E-state index in [0.29, 0.717) is 6.04 Å². The largest absolute Gasteiger partial charge is 0.327 e. The summed E-state index contributed by atoms with van der Waals surface area (Å²) in [6, 6.07) is 6.95. The predicted molar refractivity (Wildman–Crippen MR) is 83.0 cm³/mol. The molecule has 2 heterocycles. The van der Waals surface area contributed by atoms with Crippen molar-refractivity contribution in [1.29, 1.82) is 0 Å². The van der Waals surface area contributed by atoms with Gasteiger partial charge in [-0.3, -0.25) is 4.90 Å². The maximum Gasteiger partial charge on any atom is 0.127 e. The lowest BCUT2D eigenvalue weighted by atomic mass is 10.2. The third-order valence-electron chi connectivity index (χ3n) is 4.32. The van der Waals surface area contributed by atoms with Crippen molar-refractivity contribution < 1.29 is 0 Å². The second kappa shape index (κ2) is 5.54. The van der Waals surface area contributed by atoms with Crippen molar-refractivity contribution >= 4 is 11.0 Å². The Hall–Kier alpha value is -1.39. The van der Waals surface area contributed by atoms with Gasteiger partial charge in [0.1, 0.15) is 5.82 Å². The molecule has 1 saturated heterocycles. The summed E-state index contributed by atoms with van der Waals surface area (Å²) in [5.41, 5.74) is 3.67. The minimum Gasteiger partial charge on any atom is -0.327 e. The van der Waals surface area contributed by atoms with Gasteiger partial charge < -0.3 is 9.88 Å². The molecule has 0 saturated carbocycles. The van der Waals surface area contributed by atoms with Crippen LogP contribution in [0.4, 0.5) is 0 Å². The predicted octanol–water partition coefficient (Wildman–Crippen LogP) is 2.33. The van der Waals surface area contributed by atoms with Gasteiger partial charge >= 0.3 is 0 Å². The monoisotopic (exact) mass is 272 g/mol. The summed E-state index contributed by atoms with van der Waals surface area (Å²) in [7, 11) is 0. The number of aryl methyl sites for hydroxylation is 2. The second-order valence-electron chi connectivity index (χ2n) is 5.67. The van der Waals surface area contributed by atoms with Crippen molar-refractivity contribution in [2.75, 3.05) is 26.2 Å². The topological polar surface area (TPSA) is 33.1 Å². The van der Waals surface area contributed by atoms with Crippen LogP contribution >= 0.6 is 0 Å². The molecule has 0 radical (unpaired) electrons. The molecule has 0 aliphatic carbocycles. The Labute approximate surface area is 120 Å². The number of aromatic nitrogens is 2. The summed E-state index contributed by atoms with van der Waals surface area (Å²) in [6.45, 7) is 12.0. The number of hydrogen-bond donors (Lipinski definition) is 1. The second-order valence-corrected chi connectivity index (χ2v) is 5.67. The van der Waals surface area contributed by atoms with E-state index in [2.05, 4.69) is 53.8 Å². The Balaban J connectivity index is 2.01. The average Bonchev–Trinajstić information content (AvgIpc) is 2.84. The van der Waals surface area contributed by atoms with Gasteiger partial charge in [-0.15, -0.1) is 0 Å². The van der Waals surface area contributed by atoms with Crippen molar-refractivity contribution in [1.82, 2.24) is 19.8 Å². The minimum atomic E-state index is 0.379. The molecule has 108 valence electrons. The summed E-state index contributed by atoms with van der Waals surface area (Å²) < 4.78 is 2.36. The highest BCUT2D eigenvalue weighted by Gasteiger charge is 2.23. The average molecular weight is 272 g/mol. The highest BCUT2D eigenvalue weighted by Crippen LogP contribution is 2.25. The van der Waals surface area contributed by atoms with Crippen LogP contribution in [0.1, 0.15) is 31.3 Å². The number of fused-ring (bicyclic) bond motifs is 1. The van der Waals surface area contributed by atoms with Gasteiger partial charge in [-0.2, -0.15) is 0 Å². The van der Waals surface area contributed by atoms with E-state index in [1.54, 1.807) is 0 Å². The van der Waals surface area contributed by atoms with Crippen LogP contribution in [0.3, 0.4) is 0 Å². The van der Waals surface area contributed by atoms with Crippen LogP contribution in [-0.4, -0.2) is 40.6 Å². The van der Waals surface area contributed by atoms with E-state index in [1.807, 2.05) is 0 Å². The third kappa shape index (κ3) is 2.34. The van der Waals surface area contributed by atoms with E-state index in [9.17, 15) is 0 Å². The van der Waals surface area contributed by atoms with Gasteiger partial charge in [-0.05, 0) is 38.5 Å². The molecule has 1 aliphatic heterocycles. The fraction of sp³-hybridized carbons (Fsp3) is 0.562. The van der Waals surface area contributed by atoms with E-state index >= 15 is 0 Å². The summed E-state index contributed by atoms with van der Waals surface area (Å²) in [5.74, 6) is 1.20. The summed E-state index contributed by atoms with van der Waals surface area (Å²) in [6.07, 6.45) is 0. The van der Waals surface area contributed by atoms with Crippen LogP contribution in [0.5, 0.6) is 0 Å². The first kappa shape index (κ1) is 13.6. The van der Waals surface area contributed by atoms with E-state index in [-0.39, 0.29) is 0 Å². The van der Waals surface area contributed by atoms with Crippen LogP contribution in [0, 0.1) is 6.92 Å². The molecular formula is C16H24N4. The van der Waals surface area contributed by atoms with Crippen molar-refractivity contribution in [3.05, 3.63) is 29.6 Å². The maximum atomic E-state index is 4.92. The van der Waals surface area contributed by atoms with Gasteiger partial charge in [-0.1, -0.05) is 6.07 Å². The lowest BCUT2D eigenvalue weighted by molar-refractivity contribution is 0.176. The molecule has 1 atom stereocenters. The van der Waals surface area contributed by atoms with Crippen LogP contribution in [0.25, 0.3) is 11.0 Å². The molecule has 1 aromatic heterocycles. The zero-order chi connectivity index (χ0) is 14.1. The van der Waals surface area contributed by atoms with Crippen LogP contribution < -0.4 is 5.32 Å². The smallest absolute Gasteiger partial charge is 0.127 e. The number of benzene rings is 1. The van der Waals surface area contributed by atoms with Crippen molar-refractivity contribution in [3.63, 3.8) is 0 Å². The summed E-state index contributed by atoms with van der Waals surface area (Å²) in [4.78, 5) is 7.44. The zero-order valence-corrected chi connectivity index (χ0v) is 12.7. The fourth-order valence-electron chi connectivity index (χ4n) is 3.14. The highest BCUT2D eigenvalue weighted by molar-refractivity contribution is 5.77. The standard InChI is InChI=1S/C16H24N4/c1-4-20-15-6-5-12(2)11-14(15)18-16(20)13(3)19-9-7-17-8-10-19/h5-6,11,13,17H,4,7-10H2,1-3H3. The molecule has 0 amide bonds. The highest BCUT2D eigenvalue weighted by atomic mass is 15.2. The number of nitrogens with zero attached hydrogens (tertiary/aromatic N) is 3. The third-order valence-corrected chi connectivity index (χ3v) is 4.32. The molecule has 1 unspecified atom stereocenters. The number of nitrogens with one attached hydrogen (secondary N) is 1. The van der Waals surface area contributed by atoms with Crippen molar-refractivity contribution in [3.8, 4) is 0 Å². The van der Waals surface area contributed by atoms with Gasteiger partial charge in [0.15, 0.2) is 0 Å². The van der Waals surface area contributed by atoms with Gasteiger partial charge in [0, 0.05) is 32.7 Å². The molecule has 20 heavy (non-hydrogen) atoms. The van der Waals surface area contributed by atoms with Crippen molar-refractivity contribution in [2.45, 2.75) is 33.4 Å². The molecule has 2 aromatic rings. The molecular weight excluding hydrogens is 248 g/mol. The lowest BCUT2D eigenvalue weighted by Crippen LogP contribution is -2.45. The number of imidazole rings is 1. The van der Waals surface area contributed by atoms with Gasteiger partial charge in [-0.25, -0.2) is 4.98 Å². The van der Waals surface area contributed by atoms with E-state index in [1.165, 1.54) is 16.9 Å². The molecule has 3 rings (SSSR count). The minimum absolute atomic E-state index is 0.379. The number of piperazine rings is 1. The van der Waals surface area contributed by atoms with Crippen LogP contribution in [0.15, 0.2) is 18.2 Å². The van der Waals surface area contributed by atoms with Crippen LogP contribution in [0.2, 0.25) is 0 Å². The molecule has 4 nitrogen and oxygen atoms in total. The van der Waals surface area contributed by atoms with E-state index in [4.69, 9.17) is 4.98 Å².